The highest BCUT2D eigenvalue weighted by Gasteiger charge is 2.52. The van der Waals surface area contributed by atoms with E-state index < -0.39 is 11.6 Å². The minimum atomic E-state index is -1.15. The number of amides is 4. The third-order valence-electron chi connectivity index (χ3n) is 7.41. The molecular weight excluding hydrogens is 382 g/mol. The van der Waals surface area contributed by atoms with Gasteiger partial charge in [0.2, 0.25) is 5.91 Å². The Kier molecular flexibility index (Phi) is 5.47. The minimum absolute atomic E-state index is 0.0612. The lowest BCUT2D eigenvalue weighted by atomic mass is 9.84. The van der Waals surface area contributed by atoms with Gasteiger partial charge in [0.25, 0.3) is 5.91 Å². The fourth-order valence-corrected chi connectivity index (χ4v) is 5.74. The molecule has 3 aliphatic rings. The molecule has 4 amide bonds. The molecule has 1 aromatic carbocycles. The lowest BCUT2D eigenvalue weighted by Gasteiger charge is -2.29. The molecule has 1 aromatic rings. The number of benzene rings is 1. The summed E-state index contributed by atoms with van der Waals surface area (Å²) in [4.78, 5) is 39.6. The van der Waals surface area contributed by atoms with E-state index in [-0.39, 0.29) is 24.4 Å². The Hall–Kier alpha value is -2.57. The second-order valence-electron chi connectivity index (χ2n) is 9.00. The predicted octanol–water partition coefficient (Wildman–Crippen LogP) is 2.79. The molecule has 3 fully saturated rings. The maximum Gasteiger partial charge on any atom is 0.325 e. The zero-order chi connectivity index (χ0) is 21.5. The van der Waals surface area contributed by atoms with Gasteiger partial charge in [-0.15, -0.1) is 0 Å². The van der Waals surface area contributed by atoms with Crippen LogP contribution in [0.5, 0.6) is 5.75 Å². The van der Waals surface area contributed by atoms with Crippen LogP contribution in [0.25, 0.3) is 0 Å². The van der Waals surface area contributed by atoms with E-state index in [1.54, 1.807) is 31.4 Å². The van der Waals surface area contributed by atoms with Crippen LogP contribution in [0.1, 0.15) is 51.5 Å². The van der Waals surface area contributed by atoms with Gasteiger partial charge in [-0.25, -0.2) is 4.79 Å². The number of carbonyl (C=O) groups excluding carboxylic acids is 3. The zero-order valence-corrected chi connectivity index (χ0v) is 17.9. The van der Waals surface area contributed by atoms with E-state index in [1.807, 2.05) is 13.8 Å². The molecule has 0 unspecified atom stereocenters. The molecule has 1 saturated heterocycles. The van der Waals surface area contributed by atoms with Crippen molar-refractivity contribution in [3.05, 3.63) is 29.8 Å². The first kappa shape index (κ1) is 20.7. The lowest BCUT2D eigenvalue weighted by molar-refractivity contribution is -0.135. The molecule has 7 heteroatoms. The first-order valence-electron chi connectivity index (χ1n) is 11.0. The number of nitrogens with one attached hydrogen (secondary N) is 2. The molecule has 2 N–H and O–H groups in total. The molecule has 2 bridgehead atoms. The average Bonchev–Trinajstić information content (AvgIpc) is 3.44. The van der Waals surface area contributed by atoms with Gasteiger partial charge in [0.15, 0.2) is 0 Å². The van der Waals surface area contributed by atoms with Crippen molar-refractivity contribution in [1.82, 2.24) is 15.5 Å². The predicted molar refractivity (Wildman–Crippen MR) is 112 cm³/mol. The van der Waals surface area contributed by atoms with Crippen LogP contribution in [-0.4, -0.2) is 42.4 Å². The van der Waals surface area contributed by atoms with Gasteiger partial charge in [0, 0.05) is 6.04 Å². The highest BCUT2D eigenvalue weighted by molar-refractivity contribution is 6.09. The molecule has 30 heavy (non-hydrogen) atoms. The van der Waals surface area contributed by atoms with E-state index in [1.165, 1.54) is 25.7 Å². The second kappa shape index (κ2) is 7.93. The van der Waals surface area contributed by atoms with Crippen LogP contribution in [0.3, 0.4) is 0 Å². The van der Waals surface area contributed by atoms with Crippen molar-refractivity contribution in [2.75, 3.05) is 13.7 Å². The Morgan fingerprint density at radius 2 is 2.00 bits per heavy atom. The molecule has 162 valence electrons. The molecule has 4 rings (SSSR count). The first-order chi connectivity index (χ1) is 14.4. The van der Waals surface area contributed by atoms with Crippen molar-refractivity contribution in [2.24, 2.45) is 17.8 Å². The Morgan fingerprint density at radius 3 is 2.57 bits per heavy atom. The number of rotatable bonds is 7. The van der Waals surface area contributed by atoms with Crippen molar-refractivity contribution in [3.8, 4) is 5.75 Å². The number of urea groups is 1. The van der Waals surface area contributed by atoms with E-state index in [9.17, 15) is 14.4 Å². The maximum atomic E-state index is 13.2. The summed E-state index contributed by atoms with van der Waals surface area (Å²) in [5.74, 6) is 2.01. The molecule has 1 heterocycles. The van der Waals surface area contributed by atoms with Gasteiger partial charge < -0.3 is 15.4 Å². The summed E-state index contributed by atoms with van der Waals surface area (Å²) in [6, 6.07) is 6.62. The van der Waals surface area contributed by atoms with Crippen molar-refractivity contribution < 1.29 is 19.1 Å². The Morgan fingerprint density at radius 1 is 1.27 bits per heavy atom. The number of hydrogen-bond donors (Lipinski definition) is 2. The third kappa shape index (κ3) is 3.44. The SMILES string of the molecule is CC[C@]1(c2ccc(OC)cc2)NC(=O)N(CC(=O)N[C@@H](C)[C@H]2C[C@H]3CC[C@H]2C3)C1=O. The summed E-state index contributed by atoms with van der Waals surface area (Å²) >= 11 is 0. The van der Waals surface area contributed by atoms with E-state index in [4.69, 9.17) is 4.74 Å². The van der Waals surface area contributed by atoms with E-state index in [0.29, 0.717) is 29.6 Å². The van der Waals surface area contributed by atoms with Crippen LogP contribution in [0.15, 0.2) is 24.3 Å². The van der Waals surface area contributed by atoms with Gasteiger partial charge in [-0.2, -0.15) is 0 Å². The van der Waals surface area contributed by atoms with Crippen LogP contribution >= 0.6 is 0 Å². The summed E-state index contributed by atoms with van der Waals surface area (Å²) < 4.78 is 5.18. The zero-order valence-electron chi connectivity index (χ0n) is 17.9. The van der Waals surface area contributed by atoms with Crippen molar-refractivity contribution in [1.29, 1.82) is 0 Å². The third-order valence-corrected chi connectivity index (χ3v) is 7.41. The number of methoxy groups -OCH3 is 1. The number of hydrogen-bond acceptors (Lipinski definition) is 4. The van der Waals surface area contributed by atoms with Gasteiger partial charge in [0.05, 0.1) is 7.11 Å². The number of carbonyl (C=O) groups is 3. The monoisotopic (exact) mass is 413 g/mol. The van der Waals surface area contributed by atoms with E-state index >= 15 is 0 Å². The summed E-state index contributed by atoms with van der Waals surface area (Å²) in [6.07, 6.45) is 5.41. The van der Waals surface area contributed by atoms with Crippen molar-refractivity contribution >= 4 is 17.8 Å². The molecule has 2 aliphatic carbocycles. The number of nitrogens with zero attached hydrogens (tertiary/aromatic N) is 1. The molecule has 5 atom stereocenters. The fraction of sp³-hybridized carbons (Fsp3) is 0.609. The molecule has 7 nitrogen and oxygen atoms in total. The van der Waals surface area contributed by atoms with Gasteiger partial charge in [-0.05, 0) is 68.1 Å². The highest BCUT2D eigenvalue weighted by atomic mass is 16.5. The second-order valence-corrected chi connectivity index (χ2v) is 9.00. The summed E-state index contributed by atoms with van der Waals surface area (Å²) in [7, 11) is 1.57. The van der Waals surface area contributed by atoms with Crippen molar-refractivity contribution in [3.63, 3.8) is 0 Å². The molecule has 0 aromatic heterocycles. The van der Waals surface area contributed by atoms with Crippen LogP contribution in [0, 0.1) is 17.8 Å². The molecule has 0 radical (unpaired) electrons. The summed E-state index contributed by atoms with van der Waals surface area (Å²) in [5.41, 5.74) is -0.470. The van der Waals surface area contributed by atoms with Gasteiger partial charge in [-0.1, -0.05) is 25.5 Å². The Balaban J connectivity index is 1.43. The Bertz CT molecular complexity index is 839. The Labute approximate surface area is 177 Å². The molecule has 2 saturated carbocycles. The maximum absolute atomic E-state index is 13.2. The fourth-order valence-electron chi connectivity index (χ4n) is 5.74. The molecule has 0 spiro atoms. The van der Waals surface area contributed by atoms with Crippen LogP contribution in [-0.2, 0) is 15.1 Å². The van der Waals surface area contributed by atoms with Crippen LogP contribution < -0.4 is 15.4 Å². The van der Waals surface area contributed by atoms with E-state index in [0.717, 1.165) is 10.8 Å². The van der Waals surface area contributed by atoms with E-state index in [2.05, 4.69) is 10.6 Å². The smallest absolute Gasteiger partial charge is 0.325 e. The minimum Gasteiger partial charge on any atom is -0.497 e. The van der Waals surface area contributed by atoms with Crippen molar-refractivity contribution in [2.45, 2.75) is 57.5 Å². The highest BCUT2D eigenvalue weighted by Crippen LogP contribution is 2.49. The van der Waals surface area contributed by atoms with Crippen LogP contribution in [0.4, 0.5) is 4.79 Å². The number of imide groups is 1. The average molecular weight is 414 g/mol. The summed E-state index contributed by atoms with van der Waals surface area (Å²) in [5, 5.41) is 5.87. The normalized spacial score (nSPS) is 31.0. The van der Waals surface area contributed by atoms with Crippen LogP contribution in [0.2, 0.25) is 0 Å². The topological polar surface area (TPSA) is 87.7 Å². The van der Waals surface area contributed by atoms with Gasteiger partial charge in [-0.3, -0.25) is 14.5 Å². The standard InChI is InChI=1S/C23H31N3O4/c1-4-23(17-7-9-18(30-3)10-8-17)21(28)26(22(29)25-23)13-20(27)24-14(2)19-12-15-5-6-16(19)11-15/h7-10,14-16,19H,4-6,11-13H2,1-3H3,(H,24,27)(H,25,29)/t14-,15-,16-,19+,23+/m0/s1. The number of ether oxygens (including phenoxy) is 1. The molecular formula is C23H31N3O4. The number of fused-ring (bicyclic) bond motifs is 2. The lowest BCUT2D eigenvalue weighted by Crippen LogP contribution is -2.47. The quantitative estimate of drug-likeness (QED) is 0.673. The van der Waals surface area contributed by atoms with Gasteiger partial charge in [0.1, 0.15) is 17.8 Å². The molecule has 1 aliphatic heterocycles. The largest absolute Gasteiger partial charge is 0.497 e. The van der Waals surface area contributed by atoms with Gasteiger partial charge >= 0.3 is 6.03 Å². The first-order valence-corrected chi connectivity index (χ1v) is 11.0. The summed E-state index contributed by atoms with van der Waals surface area (Å²) in [6.45, 7) is 3.64.